The number of nitrogens with zero attached hydrogens (tertiary/aromatic N) is 6. The highest BCUT2D eigenvalue weighted by atomic mass is 16.1. The van der Waals surface area contributed by atoms with E-state index in [1.54, 1.807) is 17.1 Å². The van der Waals surface area contributed by atoms with Gasteiger partial charge in [0.2, 0.25) is 0 Å². The van der Waals surface area contributed by atoms with Crippen molar-refractivity contribution >= 4 is 17.4 Å². The summed E-state index contributed by atoms with van der Waals surface area (Å²) >= 11 is 0. The minimum Gasteiger partial charge on any atom is -0.361 e. The fourth-order valence-electron chi connectivity index (χ4n) is 4.00. The van der Waals surface area contributed by atoms with Crippen molar-refractivity contribution in [3.05, 3.63) is 84.7 Å². The molecule has 4 heterocycles. The van der Waals surface area contributed by atoms with Crippen molar-refractivity contribution in [2.24, 2.45) is 7.05 Å². The predicted molar refractivity (Wildman–Crippen MR) is 133 cm³/mol. The Morgan fingerprint density at radius 3 is 2.57 bits per heavy atom. The summed E-state index contributed by atoms with van der Waals surface area (Å²) < 4.78 is 3.80. The zero-order chi connectivity index (χ0) is 23.8. The summed E-state index contributed by atoms with van der Waals surface area (Å²) in [6.07, 6.45) is 11.4. The van der Waals surface area contributed by atoms with Crippen molar-refractivity contribution in [2.45, 2.75) is 25.4 Å². The topological polar surface area (TPSA) is 102 Å². The van der Waals surface area contributed by atoms with Crippen LogP contribution in [-0.4, -0.2) is 41.1 Å². The number of aromatic nitrogens is 6. The van der Waals surface area contributed by atoms with Gasteiger partial charge < -0.3 is 10.6 Å². The van der Waals surface area contributed by atoms with Gasteiger partial charge in [0, 0.05) is 54.6 Å². The summed E-state index contributed by atoms with van der Waals surface area (Å²) in [5.41, 5.74) is 5.90. The number of carbonyl (C=O) groups excluding carboxylic acids is 1. The number of nitrogens with one attached hydrogen (secondary N) is 2. The average Bonchev–Trinajstić information content (AvgIpc) is 3.44. The Hall–Kier alpha value is -4.53. The third kappa shape index (κ3) is 4.35. The molecule has 174 valence electrons. The molecule has 0 aliphatic heterocycles. The molecule has 5 aromatic rings. The molecule has 1 aliphatic rings. The fourth-order valence-corrected chi connectivity index (χ4v) is 4.00. The van der Waals surface area contributed by atoms with Crippen LogP contribution in [0.15, 0.2) is 73.4 Å². The number of benzene rings is 1. The van der Waals surface area contributed by atoms with Gasteiger partial charge in [-0.15, -0.1) is 0 Å². The molecule has 35 heavy (non-hydrogen) atoms. The Bertz CT molecular complexity index is 1500. The average molecular weight is 465 g/mol. The number of amides is 1. The van der Waals surface area contributed by atoms with Crippen molar-refractivity contribution in [3.63, 3.8) is 0 Å². The quantitative estimate of drug-likeness (QED) is 0.381. The van der Waals surface area contributed by atoms with E-state index in [0.717, 1.165) is 41.1 Å². The number of hydrogen-bond acceptors (Lipinski definition) is 6. The Morgan fingerprint density at radius 2 is 1.86 bits per heavy atom. The smallest absolute Gasteiger partial charge is 0.251 e. The maximum atomic E-state index is 12.4. The van der Waals surface area contributed by atoms with Crippen LogP contribution >= 0.6 is 0 Å². The molecule has 1 amide bonds. The van der Waals surface area contributed by atoms with Gasteiger partial charge in [0.15, 0.2) is 11.5 Å². The lowest BCUT2D eigenvalue weighted by atomic mass is 10.1. The van der Waals surface area contributed by atoms with E-state index in [1.807, 2.05) is 72.5 Å². The Labute approximate surface area is 201 Å². The second kappa shape index (κ2) is 8.68. The van der Waals surface area contributed by atoms with Crippen molar-refractivity contribution in [1.82, 2.24) is 34.4 Å². The van der Waals surface area contributed by atoms with Crippen LogP contribution in [0.25, 0.3) is 28.2 Å². The van der Waals surface area contributed by atoms with Crippen LogP contribution in [-0.2, 0) is 13.6 Å². The minimum absolute atomic E-state index is 0.0256. The first-order valence-corrected chi connectivity index (χ1v) is 11.6. The second-order valence-corrected chi connectivity index (χ2v) is 8.71. The molecule has 6 rings (SSSR count). The fraction of sp³-hybridized carbons (Fsp3) is 0.192. The first-order chi connectivity index (χ1) is 17.1. The lowest BCUT2D eigenvalue weighted by Gasteiger charge is -2.11. The molecule has 0 spiro atoms. The van der Waals surface area contributed by atoms with E-state index in [9.17, 15) is 4.79 Å². The summed E-state index contributed by atoms with van der Waals surface area (Å²) in [4.78, 5) is 26.0. The molecule has 0 saturated heterocycles. The van der Waals surface area contributed by atoms with E-state index in [2.05, 4.69) is 25.7 Å². The molecule has 1 saturated carbocycles. The summed E-state index contributed by atoms with van der Waals surface area (Å²) in [7, 11) is 1.89. The SMILES string of the molecule is Cn1ccc(CNc2nc(-c3ccncc3)cn3c(-c4ccc(C(=O)NC5CC5)cc4)cnc23)n1. The van der Waals surface area contributed by atoms with Gasteiger partial charge >= 0.3 is 0 Å². The van der Waals surface area contributed by atoms with Gasteiger partial charge in [0.05, 0.1) is 29.8 Å². The van der Waals surface area contributed by atoms with Gasteiger partial charge in [0.1, 0.15) is 0 Å². The molecular weight excluding hydrogens is 440 g/mol. The van der Waals surface area contributed by atoms with Gasteiger partial charge in [-0.05, 0) is 43.2 Å². The highest BCUT2D eigenvalue weighted by molar-refractivity contribution is 5.95. The lowest BCUT2D eigenvalue weighted by molar-refractivity contribution is 0.0951. The minimum atomic E-state index is -0.0256. The molecule has 0 unspecified atom stereocenters. The first-order valence-electron chi connectivity index (χ1n) is 11.6. The number of carbonyl (C=O) groups is 1. The van der Waals surface area contributed by atoms with E-state index in [4.69, 9.17) is 4.98 Å². The number of rotatable bonds is 7. The number of fused-ring (bicyclic) bond motifs is 1. The summed E-state index contributed by atoms with van der Waals surface area (Å²) in [5.74, 6) is 0.638. The molecule has 9 heteroatoms. The zero-order valence-corrected chi connectivity index (χ0v) is 19.2. The summed E-state index contributed by atoms with van der Waals surface area (Å²) in [6, 6.07) is 13.8. The monoisotopic (exact) mass is 464 g/mol. The maximum absolute atomic E-state index is 12.4. The van der Waals surface area contributed by atoms with Crippen molar-refractivity contribution < 1.29 is 4.79 Å². The van der Waals surface area contributed by atoms with E-state index < -0.39 is 0 Å². The van der Waals surface area contributed by atoms with Gasteiger partial charge in [-0.25, -0.2) is 9.97 Å². The number of aryl methyl sites for hydroxylation is 1. The maximum Gasteiger partial charge on any atom is 0.251 e. The number of imidazole rings is 1. The van der Waals surface area contributed by atoms with Crippen molar-refractivity contribution in [3.8, 4) is 22.5 Å². The standard InChI is InChI=1S/C26H24N8O/c1-33-13-10-21(32-33)14-28-24-25-29-15-23(34(25)16-22(31-24)17-8-11-27-12-9-17)18-2-4-19(5-3-18)26(35)30-20-6-7-20/h2-5,8-13,15-16,20H,6-7,14H2,1H3,(H,28,31)(H,30,35). The van der Waals surface area contributed by atoms with Crippen LogP contribution in [0.2, 0.25) is 0 Å². The Kier molecular flexibility index (Phi) is 5.21. The van der Waals surface area contributed by atoms with E-state index >= 15 is 0 Å². The molecule has 1 aromatic carbocycles. The Balaban J connectivity index is 1.38. The molecule has 1 fully saturated rings. The molecule has 0 bridgehead atoms. The van der Waals surface area contributed by atoms with Crippen molar-refractivity contribution in [1.29, 1.82) is 0 Å². The number of hydrogen-bond donors (Lipinski definition) is 2. The van der Waals surface area contributed by atoms with E-state index in [1.165, 1.54) is 0 Å². The first kappa shape index (κ1) is 21.0. The normalized spacial score (nSPS) is 13.2. The van der Waals surface area contributed by atoms with Gasteiger partial charge in [0.25, 0.3) is 5.91 Å². The Morgan fingerprint density at radius 1 is 1.06 bits per heavy atom. The van der Waals surface area contributed by atoms with Gasteiger partial charge in [-0.1, -0.05) is 12.1 Å². The summed E-state index contributed by atoms with van der Waals surface area (Å²) in [6.45, 7) is 0.524. The zero-order valence-electron chi connectivity index (χ0n) is 19.2. The van der Waals surface area contributed by atoms with E-state index in [-0.39, 0.29) is 5.91 Å². The lowest BCUT2D eigenvalue weighted by Crippen LogP contribution is -2.25. The molecule has 0 atom stereocenters. The number of pyridine rings is 1. The number of anilines is 1. The third-order valence-corrected chi connectivity index (χ3v) is 6.03. The second-order valence-electron chi connectivity index (χ2n) is 8.71. The van der Waals surface area contributed by atoms with Gasteiger partial charge in [-0.3, -0.25) is 18.9 Å². The molecule has 2 N–H and O–H groups in total. The molecule has 9 nitrogen and oxygen atoms in total. The van der Waals surface area contributed by atoms with E-state index in [0.29, 0.717) is 29.6 Å². The highest BCUT2D eigenvalue weighted by Crippen LogP contribution is 2.28. The molecule has 0 radical (unpaired) electrons. The summed E-state index contributed by atoms with van der Waals surface area (Å²) in [5, 5.41) is 10.9. The van der Waals surface area contributed by atoms with Crippen LogP contribution in [0.5, 0.6) is 0 Å². The van der Waals surface area contributed by atoms with Crippen LogP contribution in [0.3, 0.4) is 0 Å². The van der Waals surface area contributed by atoms with Crippen LogP contribution in [0.4, 0.5) is 5.82 Å². The highest BCUT2D eigenvalue weighted by Gasteiger charge is 2.23. The van der Waals surface area contributed by atoms with Gasteiger partial charge in [-0.2, -0.15) is 5.10 Å². The largest absolute Gasteiger partial charge is 0.361 e. The molecule has 1 aliphatic carbocycles. The molecule has 4 aromatic heterocycles. The molecular formula is C26H24N8O. The predicted octanol–water partition coefficient (Wildman–Crippen LogP) is 3.70. The third-order valence-electron chi connectivity index (χ3n) is 6.03. The van der Waals surface area contributed by atoms with Crippen LogP contribution in [0, 0.1) is 0 Å². The van der Waals surface area contributed by atoms with Crippen LogP contribution < -0.4 is 10.6 Å². The van der Waals surface area contributed by atoms with Crippen LogP contribution in [0.1, 0.15) is 28.9 Å². The van der Waals surface area contributed by atoms with Crippen molar-refractivity contribution in [2.75, 3.05) is 5.32 Å².